The topological polar surface area (TPSA) is 84.9 Å². The maximum absolute atomic E-state index is 13.6. The largest absolute Gasteiger partial charge is 0.351 e. The van der Waals surface area contributed by atoms with Crippen molar-refractivity contribution in [1.82, 2.24) is 5.32 Å². The zero-order valence-corrected chi connectivity index (χ0v) is 20.8. The number of carbonyl (C=O) groups excluding carboxylic acids is 2. The summed E-state index contributed by atoms with van der Waals surface area (Å²) in [6.45, 7) is 4.81. The van der Waals surface area contributed by atoms with Crippen LogP contribution in [-0.4, -0.2) is 42.1 Å². The molecule has 1 heterocycles. The molecule has 3 aromatic rings. The predicted octanol–water partition coefficient (Wildman–Crippen LogP) is 4.28. The minimum absolute atomic E-state index is 0.111. The third-order valence-electron chi connectivity index (χ3n) is 5.66. The molecule has 9 heteroatoms. The lowest BCUT2D eigenvalue weighted by molar-refractivity contribution is -0.131. The molecule has 1 N–H and O–H groups in total. The van der Waals surface area contributed by atoms with Crippen molar-refractivity contribution < 1.29 is 27.7 Å². The molecule has 1 aliphatic heterocycles. The number of amides is 2. The minimum atomic E-state index is -1.64. The molecule has 7 nitrogen and oxygen atoms in total. The van der Waals surface area contributed by atoms with Gasteiger partial charge in [-0.05, 0) is 61.9 Å². The number of nitrogens with one attached hydrogen (secondary N) is 1. The smallest absolute Gasteiger partial charge is 0.259 e. The SMILES string of the molecule is CCOC(CNC(=O)c1ccc2c(c1)N(Cc1ccc(F)cc1)C(=O)c1ccccc1S2=O)OCC. The fourth-order valence-corrected chi connectivity index (χ4v) is 5.29. The number of hydrogen-bond acceptors (Lipinski definition) is 5. The Bertz CT molecular complexity index is 1280. The Morgan fingerprint density at radius 2 is 1.69 bits per heavy atom. The standard InChI is InChI=1S/C27H27FN2O5S/c1-3-34-25(35-4-2)16-29-26(31)19-11-14-24-22(15-19)30(17-18-9-12-20(28)13-10-18)27(32)21-7-5-6-8-23(21)36(24)33/h5-15,25H,3-4,16-17H2,1-2H3,(H,29,31). The number of rotatable bonds is 9. The van der Waals surface area contributed by atoms with Gasteiger partial charge in [-0.2, -0.15) is 0 Å². The molecular formula is C27H27FN2O5S. The summed E-state index contributed by atoms with van der Waals surface area (Å²) in [5.41, 5.74) is 1.65. The number of hydrogen-bond donors (Lipinski definition) is 1. The van der Waals surface area contributed by atoms with Crippen LogP contribution in [0.25, 0.3) is 0 Å². The van der Waals surface area contributed by atoms with Crippen molar-refractivity contribution in [3.63, 3.8) is 0 Å². The molecule has 36 heavy (non-hydrogen) atoms. The molecule has 1 aliphatic rings. The Kier molecular flexibility index (Phi) is 8.25. The Morgan fingerprint density at radius 1 is 1.00 bits per heavy atom. The van der Waals surface area contributed by atoms with E-state index >= 15 is 0 Å². The quantitative estimate of drug-likeness (QED) is 0.435. The molecule has 188 valence electrons. The Hall–Kier alpha value is -3.40. The Labute approximate surface area is 211 Å². The molecule has 0 fully saturated rings. The summed E-state index contributed by atoms with van der Waals surface area (Å²) in [6.07, 6.45) is -0.580. The maximum atomic E-state index is 13.6. The summed E-state index contributed by atoms with van der Waals surface area (Å²) in [4.78, 5) is 28.9. The van der Waals surface area contributed by atoms with Gasteiger partial charge in [-0.1, -0.05) is 24.3 Å². The summed E-state index contributed by atoms with van der Waals surface area (Å²) in [5.74, 6) is -1.12. The minimum Gasteiger partial charge on any atom is -0.351 e. The third kappa shape index (κ3) is 5.53. The van der Waals surface area contributed by atoms with E-state index in [4.69, 9.17) is 9.47 Å². The summed E-state index contributed by atoms with van der Waals surface area (Å²) in [5, 5.41) is 2.79. The zero-order chi connectivity index (χ0) is 25.7. The van der Waals surface area contributed by atoms with E-state index in [2.05, 4.69) is 5.32 Å². The number of nitrogens with zero attached hydrogens (tertiary/aromatic N) is 1. The van der Waals surface area contributed by atoms with Gasteiger partial charge in [0.05, 0.1) is 44.9 Å². The highest BCUT2D eigenvalue weighted by molar-refractivity contribution is 7.85. The molecule has 4 rings (SSSR count). The summed E-state index contributed by atoms with van der Waals surface area (Å²) < 4.78 is 37.9. The maximum Gasteiger partial charge on any atom is 0.259 e. The lowest BCUT2D eigenvalue weighted by atomic mass is 10.1. The summed E-state index contributed by atoms with van der Waals surface area (Å²) in [6, 6.07) is 17.3. The molecule has 0 aliphatic carbocycles. The zero-order valence-electron chi connectivity index (χ0n) is 20.0. The predicted molar refractivity (Wildman–Crippen MR) is 134 cm³/mol. The number of fused-ring (bicyclic) bond motifs is 2. The van der Waals surface area contributed by atoms with Gasteiger partial charge in [-0.15, -0.1) is 0 Å². The van der Waals surface area contributed by atoms with Gasteiger partial charge in [0.15, 0.2) is 6.29 Å². The van der Waals surface area contributed by atoms with Crippen molar-refractivity contribution in [3.8, 4) is 0 Å². The van der Waals surface area contributed by atoms with Gasteiger partial charge in [0.25, 0.3) is 11.8 Å². The monoisotopic (exact) mass is 510 g/mol. The molecule has 0 aromatic heterocycles. The van der Waals surface area contributed by atoms with Gasteiger partial charge in [0, 0.05) is 18.8 Å². The van der Waals surface area contributed by atoms with Gasteiger partial charge in [-0.25, -0.2) is 8.60 Å². The van der Waals surface area contributed by atoms with E-state index in [9.17, 15) is 18.2 Å². The van der Waals surface area contributed by atoms with E-state index in [0.717, 1.165) is 0 Å². The first-order valence-electron chi connectivity index (χ1n) is 11.7. The molecule has 1 unspecified atom stereocenters. The Morgan fingerprint density at radius 3 is 2.39 bits per heavy atom. The van der Waals surface area contributed by atoms with Crippen LogP contribution in [0.15, 0.2) is 76.5 Å². The molecule has 0 saturated heterocycles. The van der Waals surface area contributed by atoms with E-state index < -0.39 is 17.1 Å². The van der Waals surface area contributed by atoms with E-state index in [0.29, 0.717) is 45.4 Å². The van der Waals surface area contributed by atoms with Crippen molar-refractivity contribution >= 4 is 28.3 Å². The van der Waals surface area contributed by atoms with E-state index in [-0.39, 0.29) is 30.7 Å². The van der Waals surface area contributed by atoms with Gasteiger partial charge in [0.2, 0.25) is 0 Å². The lowest BCUT2D eigenvalue weighted by Gasteiger charge is -2.24. The molecule has 0 radical (unpaired) electrons. The van der Waals surface area contributed by atoms with Crippen LogP contribution < -0.4 is 10.2 Å². The van der Waals surface area contributed by atoms with E-state index in [1.165, 1.54) is 17.0 Å². The number of carbonyl (C=O) groups is 2. The third-order valence-corrected chi connectivity index (χ3v) is 7.16. The molecule has 3 aromatic carbocycles. The normalized spacial score (nSPS) is 14.8. The van der Waals surface area contributed by atoms with E-state index in [1.54, 1.807) is 54.6 Å². The average molecular weight is 511 g/mol. The number of ether oxygens (including phenoxy) is 2. The fourth-order valence-electron chi connectivity index (χ4n) is 3.95. The van der Waals surface area contributed by atoms with Crippen molar-refractivity contribution in [2.75, 3.05) is 24.7 Å². The highest BCUT2D eigenvalue weighted by Crippen LogP contribution is 2.36. The van der Waals surface area contributed by atoms with Gasteiger partial charge < -0.3 is 19.7 Å². The molecule has 0 bridgehead atoms. The number of benzene rings is 3. The van der Waals surface area contributed by atoms with Crippen molar-refractivity contribution in [2.45, 2.75) is 36.5 Å². The molecule has 2 amide bonds. The van der Waals surface area contributed by atoms with Crippen LogP contribution in [0.3, 0.4) is 0 Å². The first-order valence-corrected chi connectivity index (χ1v) is 12.8. The van der Waals surface area contributed by atoms with Crippen LogP contribution in [-0.2, 0) is 26.8 Å². The first kappa shape index (κ1) is 25.7. The number of halogens is 1. The first-order chi connectivity index (χ1) is 17.4. The van der Waals surface area contributed by atoms with E-state index in [1.807, 2.05) is 13.8 Å². The average Bonchev–Trinajstić information content (AvgIpc) is 2.98. The molecule has 0 spiro atoms. The Balaban J connectivity index is 1.71. The highest BCUT2D eigenvalue weighted by Gasteiger charge is 2.31. The van der Waals surface area contributed by atoms with Gasteiger partial charge in [0.1, 0.15) is 5.82 Å². The fraction of sp³-hybridized carbons (Fsp3) is 0.259. The number of anilines is 1. The van der Waals surface area contributed by atoms with Crippen LogP contribution in [0.4, 0.5) is 10.1 Å². The highest BCUT2D eigenvalue weighted by atomic mass is 32.2. The summed E-state index contributed by atoms with van der Waals surface area (Å²) in [7, 11) is -1.64. The van der Waals surface area contributed by atoms with Crippen LogP contribution in [0, 0.1) is 5.82 Å². The van der Waals surface area contributed by atoms with Crippen molar-refractivity contribution in [1.29, 1.82) is 0 Å². The lowest BCUT2D eigenvalue weighted by Crippen LogP contribution is -2.35. The molecule has 0 saturated carbocycles. The van der Waals surface area contributed by atoms with Gasteiger partial charge in [-0.3, -0.25) is 9.59 Å². The molecular weight excluding hydrogens is 483 g/mol. The van der Waals surface area contributed by atoms with Crippen molar-refractivity contribution in [3.05, 3.63) is 89.2 Å². The second-order valence-corrected chi connectivity index (χ2v) is 9.43. The van der Waals surface area contributed by atoms with Crippen molar-refractivity contribution in [2.24, 2.45) is 0 Å². The van der Waals surface area contributed by atoms with Crippen LogP contribution >= 0.6 is 0 Å². The summed E-state index contributed by atoms with van der Waals surface area (Å²) >= 11 is 0. The van der Waals surface area contributed by atoms with Crippen LogP contribution in [0.5, 0.6) is 0 Å². The second-order valence-electron chi connectivity index (χ2n) is 8.02. The van der Waals surface area contributed by atoms with Crippen LogP contribution in [0.2, 0.25) is 0 Å². The van der Waals surface area contributed by atoms with Crippen LogP contribution in [0.1, 0.15) is 40.1 Å². The molecule has 1 atom stereocenters. The second kappa shape index (κ2) is 11.6. The van der Waals surface area contributed by atoms with Gasteiger partial charge >= 0.3 is 0 Å².